The molecule has 2 aromatic carbocycles. The highest BCUT2D eigenvalue weighted by Crippen LogP contribution is 2.46. The van der Waals surface area contributed by atoms with E-state index >= 15 is 0 Å². The van der Waals surface area contributed by atoms with E-state index in [2.05, 4.69) is 5.32 Å². The second-order valence-corrected chi connectivity index (χ2v) is 14.7. The van der Waals surface area contributed by atoms with Crippen molar-refractivity contribution in [1.82, 2.24) is 5.32 Å². The molecule has 1 fully saturated rings. The topological polar surface area (TPSA) is 111 Å². The van der Waals surface area contributed by atoms with Crippen molar-refractivity contribution < 1.29 is 36.7 Å². The first-order valence-electron chi connectivity index (χ1n) is 14.3. The predicted octanol–water partition coefficient (Wildman–Crippen LogP) is 4.57. The lowest BCUT2D eigenvalue weighted by Gasteiger charge is -2.35. The van der Waals surface area contributed by atoms with E-state index in [0.29, 0.717) is 58.7 Å². The molecule has 10 nitrogen and oxygen atoms in total. The van der Waals surface area contributed by atoms with Gasteiger partial charge < -0.3 is 24.0 Å². The number of carbonyl (C=O) groups excluding carboxylic acids is 2. The third-order valence-corrected chi connectivity index (χ3v) is 10.5. The number of esters is 2. The van der Waals surface area contributed by atoms with Gasteiger partial charge in [0.05, 0.1) is 44.6 Å². The number of carbonyl (C=O) groups is 2. The number of thiophene rings is 1. The molecule has 1 aliphatic rings. The van der Waals surface area contributed by atoms with Gasteiger partial charge in [0.15, 0.2) is 17.2 Å². The number of rotatable bonds is 13. The summed E-state index contributed by atoms with van der Waals surface area (Å²) >= 11 is 7.82. The van der Waals surface area contributed by atoms with Crippen molar-refractivity contribution in [3.63, 3.8) is 0 Å². The Hall–Kier alpha value is -3.16. The van der Waals surface area contributed by atoms with Crippen molar-refractivity contribution in [2.24, 2.45) is 0 Å². The Bertz CT molecular complexity index is 1550. The fourth-order valence-electron chi connectivity index (χ4n) is 4.82. The molecule has 0 radical (unpaired) electrons. The zero-order valence-electron chi connectivity index (χ0n) is 25.4. The van der Waals surface area contributed by atoms with Crippen molar-refractivity contribution >= 4 is 50.6 Å². The van der Waals surface area contributed by atoms with Crippen LogP contribution in [0.15, 0.2) is 54.6 Å². The Kier molecular flexibility index (Phi) is 11.3. The summed E-state index contributed by atoms with van der Waals surface area (Å²) in [5.74, 6) is -1.40. The molecule has 0 saturated carbocycles. The van der Waals surface area contributed by atoms with E-state index in [0.717, 1.165) is 11.3 Å². The lowest BCUT2D eigenvalue weighted by Crippen LogP contribution is -2.46. The molecule has 3 aromatic rings. The first kappa shape index (κ1) is 33.7. The Morgan fingerprint density at radius 2 is 1.77 bits per heavy atom. The maximum atomic E-state index is 13.9. The van der Waals surface area contributed by atoms with E-state index in [1.165, 1.54) is 11.4 Å². The molecule has 0 bridgehead atoms. The average molecular weight is 665 g/mol. The monoisotopic (exact) mass is 664 g/mol. The minimum atomic E-state index is -3.77. The van der Waals surface area contributed by atoms with Crippen LogP contribution < -0.4 is 14.4 Å². The largest absolute Gasteiger partial charge is 0.479 e. The van der Waals surface area contributed by atoms with Crippen LogP contribution in [0.1, 0.15) is 28.1 Å². The first-order chi connectivity index (χ1) is 20.9. The molecule has 1 N–H and O–H groups in total. The third kappa shape index (κ3) is 8.72. The molecule has 0 spiro atoms. The molecule has 1 aromatic heterocycles. The van der Waals surface area contributed by atoms with Crippen LogP contribution in [0.2, 0.25) is 5.02 Å². The van der Waals surface area contributed by atoms with Crippen molar-refractivity contribution in [3.05, 3.63) is 70.1 Å². The van der Waals surface area contributed by atoms with Crippen LogP contribution in [0.3, 0.4) is 0 Å². The number of benzene rings is 2. The number of piperidine rings is 1. The van der Waals surface area contributed by atoms with E-state index in [4.69, 9.17) is 25.8 Å². The number of hydrogen-bond donors (Lipinski definition) is 1. The highest BCUT2D eigenvalue weighted by Gasteiger charge is 2.32. The van der Waals surface area contributed by atoms with Gasteiger partial charge in [0.1, 0.15) is 18.2 Å². The number of hydrogen-bond acceptors (Lipinski definition) is 9. The molecule has 0 unspecified atom stereocenters. The summed E-state index contributed by atoms with van der Waals surface area (Å²) in [5, 5.41) is 3.42. The van der Waals surface area contributed by atoms with Crippen LogP contribution in [0.4, 0.5) is 5.69 Å². The van der Waals surface area contributed by atoms with E-state index in [1.807, 2.05) is 39.3 Å². The SMILES string of the molecule is COC(=O)c1sc(-c2cccc(N(C3CCNCC3)S(=O)(=O)Cc3ccccc3)c2)c(Cl)c1OCC(=O)OCC[N+](C)(C)C. The molecule has 1 saturated heterocycles. The summed E-state index contributed by atoms with van der Waals surface area (Å²) in [6.07, 6.45) is 1.32. The lowest BCUT2D eigenvalue weighted by atomic mass is 10.1. The van der Waals surface area contributed by atoms with Gasteiger partial charge in [-0.1, -0.05) is 54.1 Å². The maximum Gasteiger partial charge on any atom is 0.351 e. The molecule has 0 atom stereocenters. The van der Waals surface area contributed by atoms with Crippen LogP contribution >= 0.6 is 22.9 Å². The van der Waals surface area contributed by atoms with Crippen LogP contribution in [0.5, 0.6) is 5.75 Å². The summed E-state index contributed by atoms with van der Waals surface area (Å²) in [5.41, 5.74) is 1.79. The molecular weight excluding hydrogens is 626 g/mol. The first-order valence-corrected chi connectivity index (χ1v) is 17.1. The van der Waals surface area contributed by atoms with Crippen LogP contribution in [0.25, 0.3) is 10.4 Å². The number of methoxy groups -OCH3 is 1. The number of nitrogens with zero attached hydrogens (tertiary/aromatic N) is 2. The van der Waals surface area contributed by atoms with E-state index in [9.17, 15) is 18.0 Å². The summed E-state index contributed by atoms with van der Waals surface area (Å²) in [6.45, 7) is 1.80. The molecule has 1 aliphatic heterocycles. The van der Waals surface area contributed by atoms with Gasteiger partial charge in [-0.2, -0.15) is 0 Å². The summed E-state index contributed by atoms with van der Waals surface area (Å²) < 4.78 is 46.0. The number of sulfonamides is 1. The highest BCUT2D eigenvalue weighted by atomic mass is 35.5. The van der Waals surface area contributed by atoms with Crippen molar-refractivity contribution in [3.8, 4) is 16.2 Å². The molecule has 4 rings (SSSR count). The van der Waals surface area contributed by atoms with E-state index in [1.54, 1.807) is 36.4 Å². The smallest absolute Gasteiger partial charge is 0.351 e. The second kappa shape index (κ2) is 14.7. The molecule has 0 amide bonds. The van der Waals surface area contributed by atoms with Crippen LogP contribution in [-0.4, -0.2) is 92.0 Å². The van der Waals surface area contributed by atoms with E-state index < -0.39 is 28.6 Å². The maximum absolute atomic E-state index is 13.9. The normalized spacial score (nSPS) is 14.2. The fraction of sp³-hybridized carbons (Fsp3) is 0.419. The molecule has 13 heteroatoms. The molecular formula is C31H39ClN3O7S2+. The van der Waals surface area contributed by atoms with Crippen molar-refractivity contribution in [1.29, 1.82) is 0 Å². The zero-order chi connectivity index (χ0) is 31.9. The van der Waals surface area contributed by atoms with Gasteiger partial charge in [-0.05, 0) is 49.2 Å². The van der Waals surface area contributed by atoms with Crippen LogP contribution in [0, 0.1) is 0 Å². The van der Waals surface area contributed by atoms with Crippen molar-refractivity contribution in [2.45, 2.75) is 24.6 Å². The number of anilines is 1. The molecule has 44 heavy (non-hydrogen) atoms. The standard InChI is InChI=1S/C31H39ClN3O7S2/c1-35(2,3)17-18-41-26(36)20-42-28-27(32)29(43-30(28)31(37)40-4)23-11-8-12-25(19-23)34(24-13-15-33-16-14-24)44(38,39)21-22-9-6-5-7-10-22/h5-12,19,24,33H,13-18,20-21H2,1-4H3/q+1. The highest BCUT2D eigenvalue weighted by molar-refractivity contribution is 7.92. The Morgan fingerprint density at radius 1 is 1.07 bits per heavy atom. The molecule has 0 aliphatic carbocycles. The Morgan fingerprint density at radius 3 is 2.43 bits per heavy atom. The van der Waals surface area contributed by atoms with Gasteiger partial charge in [0.2, 0.25) is 10.0 Å². The van der Waals surface area contributed by atoms with Gasteiger partial charge >= 0.3 is 11.9 Å². The molecule has 238 valence electrons. The minimum Gasteiger partial charge on any atom is -0.479 e. The Balaban J connectivity index is 1.65. The predicted molar refractivity (Wildman–Crippen MR) is 173 cm³/mol. The molecule has 2 heterocycles. The van der Waals surface area contributed by atoms with Gasteiger partial charge in [0, 0.05) is 6.04 Å². The number of likely N-dealkylation sites (N-methyl/N-ethyl adjacent to an activating group) is 1. The second-order valence-electron chi connectivity index (χ2n) is 11.5. The van der Waals surface area contributed by atoms with Gasteiger partial charge in [-0.25, -0.2) is 18.0 Å². The fourth-order valence-corrected chi connectivity index (χ4v) is 8.16. The number of halogens is 1. The van der Waals surface area contributed by atoms with Crippen LogP contribution in [-0.2, 0) is 30.0 Å². The Labute approximate surface area is 268 Å². The van der Waals surface area contributed by atoms with Gasteiger partial charge in [-0.15, -0.1) is 11.3 Å². The van der Waals surface area contributed by atoms with Gasteiger partial charge in [0.25, 0.3) is 0 Å². The van der Waals surface area contributed by atoms with Crippen molar-refractivity contribution in [2.75, 3.05) is 65.4 Å². The summed E-state index contributed by atoms with van der Waals surface area (Å²) in [6, 6.07) is 15.9. The van der Waals surface area contributed by atoms with E-state index in [-0.39, 0.29) is 34.1 Å². The number of ether oxygens (including phenoxy) is 3. The minimum absolute atomic E-state index is 0.0133. The summed E-state index contributed by atoms with van der Waals surface area (Å²) in [4.78, 5) is 25.6. The van der Waals surface area contributed by atoms with Gasteiger partial charge in [-0.3, -0.25) is 4.31 Å². The zero-order valence-corrected chi connectivity index (χ0v) is 27.8. The lowest BCUT2D eigenvalue weighted by molar-refractivity contribution is -0.870. The average Bonchev–Trinajstić information content (AvgIpc) is 3.31. The third-order valence-electron chi connectivity index (χ3n) is 7.03. The number of quaternary nitrogens is 1. The summed E-state index contributed by atoms with van der Waals surface area (Å²) in [7, 11) is 3.43. The number of nitrogens with one attached hydrogen (secondary N) is 1. The quantitative estimate of drug-likeness (QED) is 0.209.